The van der Waals surface area contributed by atoms with Crippen molar-refractivity contribution in [2.75, 3.05) is 132 Å². The topological polar surface area (TPSA) is 119 Å². The predicted molar refractivity (Wildman–Crippen MR) is 166 cm³/mol. The van der Waals surface area contributed by atoms with Gasteiger partial charge < -0.3 is 51.8 Å². The van der Waals surface area contributed by atoms with Crippen molar-refractivity contribution in [1.82, 2.24) is 0 Å². The molecule has 0 saturated heterocycles. The molecular formula is C30H62O12Si. The van der Waals surface area contributed by atoms with Crippen molar-refractivity contribution < 1.29 is 56.6 Å². The van der Waals surface area contributed by atoms with Gasteiger partial charge in [-0.25, -0.2) is 0 Å². The van der Waals surface area contributed by atoms with Gasteiger partial charge in [0.05, 0.1) is 126 Å². The van der Waals surface area contributed by atoms with Crippen LogP contribution in [0.4, 0.5) is 0 Å². The first-order valence-electron chi connectivity index (χ1n) is 15.7. The Kier molecular flexibility index (Phi) is 29.5. The maximum Gasteiger partial charge on any atom is 0.305 e. The summed E-state index contributed by atoms with van der Waals surface area (Å²) >= 11 is 0. The summed E-state index contributed by atoms with van der Waals surface area (Å²) in [5, 5.41) is 0.216. The fraction of sp³-hybridized carbons (Fsp3) is 0.967. The number of hydrogen-bond acceptors (Lipinski definition) is 12. The smallest absolute Gasteiger partial charge is 0.305 e. The van der Waals surface area contributed by atoms with Crippen LogP contribution in [0.5, 0.6) is 0 Å². The van der Waals surface area contributed by atoms with Crippen LogP contribution in [0.2, 0.25) is 18.1 Å². The summed E-state index contributed by atoms with van der Waals surface area (Å²) in [5.74, 6) is -0.186. The number of esters is 1. The van der Waals surface area contributed by atoms with Gasteiger partial charge in [0.25, 0.3) is 0 Å². The van der Waals surface area contributed by atoms with Crippen molar-refractivity contribution in [3.8, 4) is 0 Å². The first-order chi connectivity index (χ1) is 20.7. The molecule has 0 aromatic rings. The Labute approximate surface area is 261 Å². The molecule has 12 nitrogen and oxygen atoms in total. The Morgan fingerprint density at radius 3 is 0.977 bits per heavy atom. The Hall–Kier alpha value is -0.713. The lowest BCUT2D eigenvalue weighted by molar-refractivity contribution is -0.145. The Balaban J connectivity index is 3.14. The molecule has 13 heteroatoms. The van der Waals surface area contributed by atoms with E-state index in [-0.39, 0.29) is 17.6 Å². The van der Waals surface area contributed by atoms with E-state index in [1.54, 1.807) is 0 Å². The zero-order valence-electron chi connectivity index (χ0n) is 28.0. The second-order valence-electron chi connectivity index (χ2n) is 11.1. The summed E-state index contributed by atoms with van der Waals surface area (Å²) in [7, 11) is -1.70. The fourth-order valence-corrected chi connectivity index (χ4v) is 3.95. The summed E-state index contributed by atoms with van der Waals surface area (Å²) in [6, 6.07) is 0. The van der Waals surface area contributed by atoms with Crippen LogP contribution < -0.4 is 0 Å². The summed E-state index contributed by atoms with van der Waals surface area (Å²) in [4.78, 5) is 11.2. The van der Waals surface area contributed by atoms with E-state index in [0.29, 0.717) is 132 Å². The van der Waals surface area contributed by atoms with Crippen LogP contribution in [0.3, 0.4) is 0 Å². The average Bonchev–Trinajstić information content (AvgIpc) is 2.95. The minimum Gasteiger partial charge on any atom is -0.463 e. The molecule has 0 heterocycles. The number of carbonyl (C=O) groups excluding carboxylic acids is 1. The van der Waals surface area contributed by atoms with Crippen LogP contribution in [0.25, 0.3) is 0 Å². The van der Waals surface area contributed by atoms with E-state index in [9.17, 15) is 4.79 Å². The lowest BCUT2D eigenvalue weighted by Gasteiger charge is -2.36. The third kappa shape index (κ3) is 29.7. The van der Waals surface area contributed by atoms with Gasteiger partial charge >= 0.3 is 5.97 Å². The SMILES string of the molecule is CCCC(=O)OCCOCCOCCOCCOCCOCCOCCOCCOCCOCCO[Si](C)(C)C(C)(C)C. The van der Waals surface area contributed by atoms with Gasteiger partial charge in [-0.3, -0.25) is 4.79 Å². The molecule has 43 heavy (non-hydrogen) atoms. The largest absolute Gasteiger partial charge is 0.463 e. The lowest BCUT2D eigenvalue weighted by Crippen LogP contribution is -2.41. The molecule has 0 N–H and O–H groups in total. The average molecular weight is 643 g/mol. The molecule has 0 amide bonds. The van der Waals surface area contributed by atoms with E-state index in [2.05, 4.69) is 33.9 Å². The standard InChI is InChI=1S/C30H62O12Si/c1-7-8-29(31)41-27-25-39-23-21-37-19-17-35-15-13-33-11-9-32-10-12-34-14-16-36-18-20-38-22-24-40-26-28-42-43(5,6)30(2,3)4/h7-28H2,1-6H3. The second kappa shape index (κ2) is 30.0. The highest BCUT2D eigenvalue weighted by Crippen LogP contribution is 2.36. The number of hydrogen-bond donors (Lipinski definition) is 0. The van der Waals surface area contributed by atoms with Gasteiger partial charge in [-0.05, 0) is 24.6 Å². The summed E-state index contributed by atoms with van der Waals surface area (Å²) in [5.41, 5.74) is 0. The van der Waals surface area contributed by atoms with Crippen LogP contribution in [-0.4, -0.2) is 146 Å². The van der Waals surface area contributed by atoms with E-state index in [0.717, 1.165) is 6.42 Å². The highest BCUT2D eigenvalue weighted by Gasteiger charge is 2.36. The quantitative estimate of drug-likeness (QED) is 0.0592. The highest BCUT2D eigenvalue weighted by molar-refractivity contribution is 6.74. The first-order valence-corrected chi connectivity index (χ1v) is 18.6. The van der Waals surface area contributed by atoms with Crippen molar-refractivity contribution >= 4 is 14.3 Å². The molecule has 0 aliphatic heterocycles. The zero-order chi connectivity index (χ0) is 31.9. The molecule has 0 rings (SSSR count). The van der Waals surface area contributed by atoms with Crippen molar-refractivity contribution in [3.63, 3.8) is 0 Å². The number of carbonyl (C=O) groups is 1. The highest BCUT2D eigenvalue weighted by atomic mass is 28.4. The maximum atomic E-state index is 11.2. The molecule has 0 radical (unpaired) electrons. The third-order valence-electron chi connectivity index (χ3n) is 6.42. The molecule has 0 fully saturated rings. The van der Waals surface area contributed by atoms with Gasteiger partial charge in [0.15, 0.2) is 8.32 Å². The van der Waals surface area contributed by atoms with E-state index in [1.807, 2.05) is 6.92 Å². The van der Waals surface area contributed by atoms with Gasteiger partial charge in [-0.1, -0.05) is 27.7 Å². The molecule has 0 saturated carbocycles. The van der Waals surface area contributed by atoms with E-state index in [4.69, 9.17) is 51.8 Å². The van der Waals surface area contributed by atoms with Crippen molar-refractivity contribution in [3.05, 3.63) is 0 Å². The fourth-order valence-electron chi connectivity index (χ4n) is 2.92. The van der Waals surface area contributed by atoms with Crippen molar-refractivity contribution in [2.24, 2.45) is 0 Å². The van der Waals surface area contributed by atoms with E-state index < -0.39 is 8.32 Å². The molecule has 0 bridgehead atoms. The van der Waals surface area contributed by atoms with E-state index in [1.165, 1.54) is 0 Å². The first kappa shape index (κ1) is 42.3. The molecule has 0 aliphatic rings. The van der Waals surface area contributed by atoms with Crippen molar-refractivity contribution in [1.29, 1.82) is 0 Å². The lowest BCUT2D eigenvalue weighted by atomic mass is 10.2. The van der Waals surface area contributed by atoms with Gasteiger partial charge in [0.2, 0.25) is 0 Å². The molecule has 0 aromatic carbocycles. The minimum absolute atomic E-state index is 0.186. The van der Waals surface area contributed by atoms with Crippen molar-refractivity contribution in [2.45, 2.75) is 58.7 Å². The van der Waals surface area contributed by atoms with Crippen LogP contribution in [0.1, 0.15) is 40.5 Å². The zero-order valence-corrected chi connectivity index (χ0v) is 29.0. The van der Waals surface area contributed by atoms with Crippen LogP contribution >= 0.6 is 0 Å². The second-order valence-corrected chi connectivity index (χ2v) is 15.9. The minimum atomic E-state index is -1.70. The summed E-state index contributed by atoms with van der Waals surface area (Å²) < 4.78 is 60.3. The van der Waals surface area contributed by atoms with Gasteiger partial charge in [-0.15, -0.1) is 0 Å². The Bertz CT molecular complexity index is 604. The molecule has 0 unspecified atom stereocenters. The molecule has 0 spiro atoms. The van der Waals surface area contributed by atoms with Crippen LogP contribution in [0.15, 0.2) is 0 Å². The summed E-state index contributed by atoms with van der Waals surface area (Å²) in [6.45, 7) is 23.1. The van der Waals surface area contributed by atoms with Gasteiger partial charge in [-0.2, -0.15) is 0 Å². The number of ether oxygens (including phenoxy) is 10. The molecule has 258 valence electrons. The predicted octanol–water partition coefficient (Wildman–Crippen LogP) is 3.50. The number of rotatable bonds is 33. The maximum absolute atomic E-state index is 11.2. The monoisotopic (exact) mass is 642 g/mol. The Morgan fingerprint density at radius 1 is 0.465 bits per heavy atom. The normalized spacial score (nSPS) is 12.2. The van der Waals surface area contributed by atoms with Crippen LogP contribution in [-0.2, 0) is 56.6 Å². The third-order valence-corrected chi connectivity index (χ3v) is 11.0. The Morgan fingerprint density at radius 2 is 0.721 bits per heavy atom. The summed E-state index contributed by atoms with van der Waals surface area (Å²) in [6.07, 6.45) is 1.23. The van der Waals surface area contributed by atoms with Crippen LogP contribution in [0, 0.1) is 0 Å². The molecule has 0 atom stereocenters. The molecule has 0 aromatic heterocycles. The molecular weight excluding hydrogens is 580 g/mol. The van der Waals surface area contributed by atoms with Gasteiger partial charge in [0, 0.05) is 6.42 Å². The van der Waals surface area contributed by atoms with Gasteiger partial charge in [0.1, 0.15) is 6.61 Å². The molecule has 0 aliphatic carbocycles. The van der Waals surface area contributed by atoms with E-state index >= 15 is 0 Å².